The van der Waals surface area contributed by atoms with E-state index in [4.69, 9.17) is 9.84 Å². The SMILES string of the molecule is O=C(O)c1ccc(CCC(=O)N2CCOc3cccc(F)c3C2)cc1. The number of aromatic carboxylic acids is 1. The van der Waals surface area contributed by atoms with Crippen molar-refractivity contribution in [1.29, 1.82) is 0 Å². The van der Waals surface area contributed by atoms with Crippen LogP contribution >= 0.6 is 0 Å². The maximum atomic E-state index is 14.0. The average molecular weight is 343 g/mol. The summed E-state index contributed by atoms with van der Waals surface area (Å²) in [5, 5.41) is 8.89. The minimum atomic E-state index is -0.979. The maximum Gasteiger partial charge on any atom is 0.335 e. The highest BCUT2D eigenvalue weighted by molar-refractivity contribution is 5.87. The van der Waals surface area contributed by atoms with Crippen molar-refractivity contribution in [3.63, 3.8) is 0 Å². The first-order valence-electron chi connectivity index (χ1n) is 8.05. The van der Waals surface area contributed by atoms with E-state index in [9.17, 15) is 14.0 Å². The van der Waals surface area contributed by atoms with Crippen LogP contribution in [-0.2, 0) is 17.8 Å². The third-order valence-corrected chi connectivity index (χ3v) is 4.22. The van der Waals surface area contributed by atoms with Gasteiger partial charge in [-0.1, -0.05) is 18.2 Å². The van der Waals surface area contributed by atoms with Crippen molar-refractivity contribution in [3.05, 3.63) is 65.0 Å². The molecule has 1 N–H and O–H groups in total. The molecule has 0 aromatic heterocycles. The zero-order valence-electron chi connectivity index (χ0n) is 13.6. The molecule has 0 bridgehead atoms. The number of fused-ring (bicyclic) bond motifs is 1. The fraction of sp³-hybridized carbons (Fsp3) is 0.263. The van der Waals surface area contributed by atoms with Gasteiger partial charge in [-0.15, -0.1) is 0 Å². The van der Waals surface area contributed by atoms with E-state index in [0.717, 1.165) is 5.56 Å². The first-order valence-corrected chi connectivity index (χ1v) is 8.05. The van der Waals surface area contributed by atoms with Gasteiger partial charge in [0.1, 0.15) is 18.2 Å². The molecule has 6 heteroatoms. The summed E-state index contributed by atoms with van der Waals surface area (Å²) in [5.41, 5.74) is 1.50. The van der Waals surface area contributed by atoms with E-state index in [2.05, 4.69) is 0 Å². The Morgan fingerprint density at radius 2 is 1.92 bits per heavy atom. The highest BCUT2D eigenvalue weighted by Gasteiger charge is 2.22. The number of nitrogens with zero attached hydrogens (tertiary/aromatic N) is 1. The van der Waals surface area contributed by atoms with Crippen LogP contribution in [-0.4, -0.2) is 35.0 Å². The van der Waals surface area contributed by atoms with Gasteiger partial charge in [-0.25, -0.2) is 9.18 Å². The Morgan fingerprint density at radius 1 is 1.16 bits per heavy atom. The summed E-state index contributed by atoms with van der Waals surface area (Å²) < 4.78 is 19.5. The van der Waals surface area contributed by atoms with Crippen molar-refractivity contribution in [2.24, 2.45) is 0 Å². The quantitative estimate of drug-likeness (QED) is 0.927. The van der Waals surface area contributed by atoms with E-state index in [1.54, 1.807) is 29.2 Å². The molecule has 1 heterocycles. The zero-order valence-corrected chi connectivity index (χ0v) is 13.6. The monoisotopic (exact) mass is 343 g/mol. The summed E-state index contributed by atoms with van der Waals surface area (Å²) in [6.07, 6.45) is 0.774. The van der Waals surface area contributed by atoms with E-state index >= 15 is 0 Å². The van der Waals surface area contributed by atoms with E-state index in [1.807, 2.05) is 0 Å². The van der Waals surface area contributed by atoms with Gasteiger partial charge >= 0.3 is 5.97 Å². The van der Waals surface area contributed by atoms with Crippen LogP contribution < -0.4 is 4.74 Å². The van der Waals surface area contributed by atoms with E-state index < -0.39 is 5.97 Å². The number of rotatable bonds is 4. The molecule has 25 heavy (non-hydrogen) atoms. The van der Waals surface area contributed by atoms with Crippen LogP contribution in [0.3, 0.4) is 0 Å². The molecule has 0 atom stereocenters. The smallest absolute Gasteiger partial charge is 0.335 e. The summed E-state index contributed by atoms with van der Waals surface area (Å²) in [6.45, 7) is 0.930. The molecule has 3 rings (SSSR count). The van der Waals surface area contributed by atoms with Crippen molar-refractivity contribution in [2.75, 3.05) is 13.2 Å². The van der Waals surface area contributed by atoms with Gasteiger partial charge in [-0.3, -0.25) is 4.79 Å². The average Bonchev–Trinajstić information content (AvgIpc) is 2.83. The van der Waals surface area contributed by atoms with E-state index in [0.29, 0.717) is 30.9 Å². The molecule has 130 valence electrons. The van der Waals surface area contributed by atoms with Gasteiger partial charge < -0.3 is 14.7 Å². The normalized spacial score (nSPS) is 13.6. The lowest BCUT2D eigenvalue weighted by molar-refractivity contribution is -0.131. The minimum Gasteiger partial charge on any atom is -0.491 e. The second-order valence-electron chi connectivity index (χ2n) is 5.88. The number of ether oxygens (including phenoxy) is 1. The molecule has 1 aliphatic rings. The highest BCUT2D eigenvalue weighted by Crippen LogP contribution is 2.25. The number of hydrogen-bond acceptors (Lipinski definition) is 3. The third kappa shape index (κ3) is 3.96. The molecule has 5 nitrogen and oxygen atoms in total. The predicted octanol–water partition coefficient (Wildman–Crippen LogP) is 2.88. The number of carbonyl (C=O) groups is 2. The Hall–Kier alpha value is -2.89. The van der Waals surface area contributed by atoms with Gasteiger partial charge in [0.25, 0.3) is 0 Å². The van der Waals surface area contributed by atoms with Gasteiger partial charge in [-0.2, -0.15) is 0 Å². The second-order valence-corrected chi connectivity index (χ2v) is 5.88. The van der Waals surface area contributed by atoms with Gasteiger partial charge in [-0.05, 0) is 36.2 Å². The van der Waals surface area contributed by atoms with Gasteiger partial charge in [0, 0.05) is 12.0 Å². The Labute approximate surface area is 144 Å². The Morgan fingerprint density at radius 3 is 2.64 bits per heavy atom. The lowest BCUT2D eigenvalue weighted by Gasteiger charge is -2.20. The molecular formula is C19H18FNO4. The number of carbonyl (C=O) groups excluding carboxylic acids is 1. The maximum absolute atomic E-state index is 14.0. The first-order chi connectivity index (χ1) is 12.0. The lowest BCUT2D eigenvalue weighted by Crippen LogP contribution is -2.32. The van der Waals surface area contributed by atoms with E-state index in [1.165, 1.54) is 18.2 Å². The molecule has 0 spiro atoms. The largest absolute Gasteiger partial charge is 0.491 e. The van der Waals surface area contributed by atoms with Gasteiger partial charge in [0.15, 0.2) is 0 Å². The number of hydrogen-bond donors (Lipinski definition) is 1. The first kappa shape index (κ1) is 17.0. The summed E-state index contributed by atoms with van der Waals surface area (Å²) in [5.74, 6) is -0.948. The van der Waals surface area contributed by atoms with Crippen LogP contribution in [0.5, 0.6) is 5.75 Å². The number of carboxylic acid groups (broad SMARTS) is 1. The van der Waals surface area contributed by atoms with Crippen molar-refractivity contribution in [3.8, 4) is 5.75 Å². The molecule has 0 saturated carbocycles. The molecule has 0 radical (unpaired) electrons. The topological polar surface area (TPSA) is 66.8 Å². The molecule has 2 aromatic rings. The molecule has 0 fully saturated rings. The highest BCUT2D eigenvalue weighted by atomic mass is 19.1. The zero-order chi connectivity index (χ0) is 17.8. The summed E-state index contributed by atoms with van der Waals surface area (Å²) in [6, 6.07) is 11.1. The molecule has 1 aliphatic heterocycles. The number of benzene rings is 2. The number of amides is 1. The van der Waals surface area contributed by atoms with Gasteiger partial charge in [0.05, 0.1) is 18.7 Å². The van der Waals surface area contributed by atoms with Crippen LogP contribution in [0.2, 0.25) is 0 Å². The molecular weight excluding hydrogens is 325 g/mol. The van der Waals surface area contributed by atoms with E-state index in [-0.39, 0.29) is 30.3 Å². The number of halogens is 1. The van der Waals surface area contributed by atoms with Crippen LogP contribution in [0.1, 0.15) is 27.9 Å². The van der Waals surface area contributed by atoms with Gasteiger partial charge in [0.2, 0.25) is 5.91 Å². The predicted molar refractivity (Wildman–Crippen MR) is 89.0 cm³/mol. The third-order valence-electron chi connectivity index (χ3n) is 4.22. The van der Waals surface area contributed by atoms with Crippen molar-refractivity contribution in [2.45, 2.75) is 19.4 Å². The molecule has 1 amide bonds. The number of carboxylic acids is 1. The Kier molecular flexibility index (Phi) is 4.97. The standard InChI is InChI=1S/C19H18FNO4/c20-16-2-1-3-17-15(16)12-21(10-11-25-17)18(22)9-6-13-4-7-14(8-5-13)19(23)24/h1-5,7-8H,6,9-12H2,(H,23,24). The lowest BCUT2D eigenvalue weighted by atomic mass is 10.1. The second kappa shape index (κ2) is 7.34. The summed E-state index contributed by atoms with van der Waals surface area (Å²) >= 11 is 0. The molecule has 0 aliphatic carbocycles. The van der Waals surface area contributed by atoms with Crippen LogP contribution in [0.15, 0.2) is 42.5 Å². The summed E-state index contributed by atoms with van der Waals surface area (Å²) in [7, 11) is 0. The molecule has 0 saturated heterocycles. The number of aryl methyl sites for hydroxylation is 1. The summed E-state index contributed by atoms with van der Waals surface area (Å²) in [4.78, 5) is 24.9. The van der Waals surface area contributed by atoms with Crippen molar-refractivity contribution >= 4 is 11.9 Å². The minimum absolute atomic E-state index is 0.0815. The van der Waals surface area contributed by atoms with Crippen LogP contribution in [0.25, 0.3) is 0 Å². The molecule has 2 aromatic carbocycles. The van der Waals surface area contributed by atoms with Crippen LogP contribution in [0, 0.1) is 5.82 Å². The van der Waals surface area contributed by atoms with Crippen molar-refractivity contribution < 1.29 is 23.8 Å². The van der Waals surface area contributed by atoms with Crippen molar-refractivity contribution in [1.82, 2.24) is 4.90 Å². The Bertz CT molecular complexity index is 789. The van der Waals surface area contributed by atoms with Crippen LogP contribution in [0.4, 0.5) is 4.39 Å². The molecule has 0 unspecified atom stereocenters. The fourth-order valence-corrected chi connectivity index (χ4v) is 2.80. The Balaban J connectivity index is 1.63. The fourth-order valence-electron chi connectivity index (χ4n) is 2.80.